The Balaban J connectivity index is 2.52. The van der Waals surface area contributed by atoms with Crippen LogP contribution >= 0.6 is 11.8 Å². The van der Waals surface area contributed by atoms with Gasteiger partial charge in [0.25, 0.3) is 0 Å². The Morgan fingerprint density at radius 3 is 2.76 bits per heavy atom. The van der Waals surface area contributed by atoms with Gasteiger partial charge >= 0.3 is 0 Å². The molecule has 0 spiro atoms. The van der Waals surface area contributed by atoms with Gasteiger partial charge in [-0.1, -0.05) is 6.92 Å². The third-order valence-corrected chi connectivity index (χ3v) is 3.19. The summed E-state index contributed by atoms with van der Waals surface area (Å²) < 4.78 is 5.29. The van der Waals surface area contributed by atoms with Gasteiger partial charge in [0, 0.05) is 13.6 Å². The van der Waals surface area contributed by atoms with Gasteiger partial charge in [-0.15, -0.1) is 0 Å². The van der Waals surface area contributed by atoms with E-state index in [4.69, 9.17) is 4.74 Å². The Hall–Kier alpha value is -1.17. The lowest BCUT2D eigenvalue weighted by Gasteiger charge is -2.12. The maximum absolute atomic E-state index is 5.29. The fourth-order valence-corrected chi connectivity index (χ4v) is 2.03. The monoisotopic (exact) mass is 256 g/mol. The molecule has 0 aromatic carbocycles. The third-order valence-electron chi connectivity index (χ3n) is 2.21. The molecule has 1 rings (SSSR count). The predicted octanol–water partition coefficient (Wildman–Crippen LogP) is 2.08. The molecule has 0 bridgehead atoms. The fourth-order valence-electron chi connectivity index (χ4n) is 1.40. The highest BCUT2D eigenvalue weighted by atomic mass is 32.2. The van der Waals surface area contributed by atoms with Gasteiger partial charge in [-0.2, -0.15) is 11.8 Å². The van der Waals surface area contributed by atoms with E-state index in [0.29, 0.717) is 11.6 Å². The highest BCUT2D eigenvalue weighted by Gasteiger charge is 2.09. The summed E-state index contributed by atoms with van der Waals surface area (Å²) in [6, 6.07) is 0. The van der Waals surface area contributed by atoms with Gasteiger partial charge in [-0.3, -0.25) is 0 Å². The standard InChI is InChI=1S/C11H20N4OS/c1-4-17-7-5-6-13-11-9(16-3)10(12-2)14-8-15-11/h8H,4-7H2,1-3H3,(H2,12,13,14,15). The number of rotatable bonds is 8. The fraction of sp³-hybridized carbons (Fsp3) is 0.636. The molecule has 0 saturated heterocycles. The lowest BCUT2D eigenvalue weighted by atomic mass is 10.4. The maximum atomic E-state index is 5.29. The van der Waals surface area contributed by atoms with Gasteiger partial charge in [0.05, 0.1) is 7.11 Å². The molecule has 0 aliphatic carbocycles. The number of aromatic nitrogens is 2. The number of methoxy groups -OCH3 is 1. The van der Waals surface area contributed by atoms with Crippen LogP contribution in [0.2, 0.25) is 0 Å². The number of nitrogens with one attached hydrogen (secondary N) is 2. The molecule has 0 saturated carbocycles. The molecule has 1 aromatic heterocycles. The molecule has 2 N–H and O–H groups in total. The second-order valence-corrected chi connectivity index (χ2v) is 4.73. The lowest BCUT2D eigenvalue weighted by Crippen LogP contribution is -2.08. The van der Waals surface area contributed by atoms with Gasteiger partial charge in [-0.25, -0.2) is 9.97 Å². The van der Waals surface area contributed by atoms with Crippen LogP contribution in [0, 0.1) is 0 Å². The van der Waals surface area contributed by atoms with Gasteiger partial charge in [0.1, 0.15) is 6.33 Å². The first kappa shape index (κ1) is 13.9. The first-order valence-corrected chi connectivity index (χ1v) is 6.87. The zero-order valence-electron chi connectivity index (χ0n) is 10.6. The largest absolute Gasteiger partial charge is 0.490 e. The number of anilines is 2. The Kier molecular flexibility index (Phi) is 6.54. The van der Waals surface area contributed by atoms with Crippen LogP contribution in [0.1, 0.15) is 13.3 Å². The Morgan fingerprint density at radius 1 is 1.35 bits per heavy atom. The van der Waals surface area contributed by atoms with Crippen molar-refractivity contribution >= 4 is 23.4 Å². The summed E-state index contributed by atoms with van der Waals surface area (Å²) in [6.45, 7) is 3.06. The van der Waals surface area contributed by atoms with Gasteiger partial charge in [-0.05, 0) is 17.9 Å². The third kappa shape index (κ3) is 4.30. The minimum atomic E-state index is 0.665. The average Bonchev–Trinajstić information content (AvgIpc) is 2.38. The summed E-state index contributed by atoms with van der Waals surface area (Å²) in [5.74, 6) is 4.44. The Bertz CT molecular complexity index is 335. The molecule has 0 aliphatic heterocycles. The van der Waals surface area contributed by atoms with Crippen LogP contribution in [0.4, 0.5) is 11.6 Å². The second kappa shape index (κ2) is 8.00. The molecule has 1 heterocycles. The lowest BCUT2D eigenvalue weighted by molar-refractivity contribution is 0.415. The van der Waals surface area contributed by atoms with Crippen molar-refractivity contribution in [3.8, 4) is 5.75 Å². The van der Waals surface area contributed by atoms with E-state index in [2.05, 4.69) is 27.5 Å². The summed E-state index contributed by atoms with van der Waals surface area (Å²) in [6.07, 6.45) is 2.64. The number of hydrogen-bond donors (Lipinski definition) is 2. The van der Waals surface area contributed by atoms with Crippen LogP contribution in [0.5, 0.6) is 5.75 Å². The first-order chi connectivity index (χ1) is 8.33. The molecule has 6 heteroatoms. The first-order valence-electron chi connectivity index (χ1n) is 5.71. The summed E-state index contributed by atoms with van der Waals surface area (Å²) in [7, 11) is 3.43. The normalized spacial score (nSPS) is 10.1. The summed E-state index contributed by atoms with van der Waals surface area (Å²) >= 11 is 1.94. The van der Waals surface area contributed by atoms with Crippen LogP contribution in [0.3, 0.4) is 0 Å². The predicted molar refractivity (Wildman–Crippen MR) is 74.2 cm³/mol. The SMILES string of the molecule is CCSCCCNc1ncnc(NC)c1OC. The zero-order valence-corrected chi connectivity index (χ0v) is 11.4. The molecule has 0 atom stereocenters. The van der Waals surface area contributed by atoms with Crippen molar-refractivity contribution in [2.75, 3.05) is 42.8 Å². The van der Waals surface area contributed by atoms with E-state index in [1.807, 2.05) is 18.8 Å². The van der Waals surface area contributed by atoms with Crippen molar-refractivity contribution in [1.82, 2.24) is 9.97 Å². The highest BCUT2D eigenvalue weighted by Crippen LogP contribution is 2.28. The van der Waals surface area contributed by atoms with Crippen LogP contribution in [-0.4, -0.2) is 42.2 Å². The minimum Gasteiger partial charge on any atom is -0.490 e. The van der Waals surface area contributed by atoms with Crippen molar-refractivity contribution in [3.63, 3.8) is 0 Å². The molecule has 0 aliphatic rings. The molecule has 0 amide bonds. The Labute approximate surface area is 107 Å². The number of nitrogens with zero attached hydrogens (tertiary/aromatic N) is 2. The molecule has 0 radical (unpaired) electrons. The van der Waals surface area contributed by atoms with Crippen LogP contribution < -0.4 is 15.4 Å². The van der Waals surface area contributed by atoms with Crippen molar-refractivity contribution in [2.45, 2.75) is 13.3 Å². The van der Waals surface area contributed by atoms with E-state index in [0.717, 1.165) is 24.5 Å². The summed E-state index contributed by atoms with van der Waals surface area (Å²) in [5.41, 5.74) is 0. The number of hydrogen-bond acceptors (Lipinski definition) is 6. The highest BCUT2D eigenvalue weighted by molar-refractivity contribution is 7.99. The summed E-state index contributed by atoms with van der Waals surface area (Å²) in [5, 5.41) is 6.25. The van der Waals surface area contributed by atoms with Crippen LogP contribution in [0.15, 0.2) is 6.33 Å². The quantitative estimate of drug-likeness (QED) is 0.695. The number of ether oxygens (including phenoxy) is 1. The number of thioether (sulfide) groups is 1. The van der Waals surface area contributed by atoms with E-state index in [1.165, 1.54) is 12.1 Å². The minimum absolute atomic E-state index is 0.665. The molecule has 5 nitrogen and oxygen atoms in total. The molecular weight excluding hydrogens is 236 g/mol. The second-order valence-electron chi connectivity index (χ2n) is 3.33. The van der Waals surface area contributed by atoms with E-state index < -0.39 is 0 Å². The van der Waals surface area contributed by atoms with Gasteiger partial charge in [0.2, 0.25) is 5.75 Å². The van der Waals surface area contributed by atoms with Crippen molar-refractivity contribution < 1.29 is 4.74 Å². The topological polar surface area (TPSA) is 59.1 Å². The van der Waals surface area contributed by atoms with Crippen molar-refractivity contribution in [1.29, 1.82) is 0 Å². The molecule has 17 heavy (non-hydrogen) atoms. The van der Waals surface area contributed by atoms with Gasteiger partial charge < -0.3 is 15.4 Å². The Morgan fingerprint density at radius 2 is 2.12 bits per heavy atom. The molecule has 0 fully saturated rings. The van der Waals surface area contributed by atoms with Gasteiger partial charge in [0.15, 0.2) is 11.6 Å². The molecule has 1 aromatic rings. The van der Waals surface area contributed by atoms with E-state index in [-0.39, 0.29) is 0 Å². The van der Waals surface area contributed by atoms with Crippen LogP contribution in [0.25, 0.3) is 0 Å². The van der Waals surface area contributed by atoms with E-state index in [1.54, 1.807) is 7.11 Å². The molecular formula is C11H20N4OS. The summed E-state index contributed by atoms with van der Waals surface area (Å²) in [4.78, 5) is 8.28. The zero-order chi connectivity index (χ0) is 12.5. The average molecular weight is 256 g/mol. The maximum Gasteiger partial charge on any atom is 0.204 e. The van der Waals surface area contributed by atoms with Crippen molar-refractivity contribution in [2.24, 2.45) is 0 Å². The molecule has 0 unspecified atom stereocenters. The van der Waals surface area contributed by atoms with Crippen LogP contribution in [-0.2, 0) is 0 Å². The van der Waals surface area contributed by atoms with E-state index >= 15 is 0 Å². The van der Waals surface area contributed by atoms with Crippen molar-refractivity contribution in [3.05, 3.63) is 6.33 Å². The smallest absolute Gasteiger partial charge is 0.204 e. The molecule has 96 valence electrons. The van der Waals surface area contributed by atoms with E-state index in [9.17, 15) is 0 Å².